The number of methoxy groups -OCH3 is 1. The van der Waals surface area contributed by atoms with Gasteiger partial charge in [-0.2, -0.15) is 13.9 Å². The molecule has 0 spiro atoms. The van der Waals surface area contributed by atoms with Crippen LogP contribution in [0.1, 0.15) is 17.0 Å². The molecule has 0 aliphatic heterocycles. The Hall–Kier alpha value is -3.43. The van der Waals surface area contributed by atoms with Gasteiger partial charge < -0.3 is 9.47 Å². The van der Waals surface area contributed by atoms with Crippen LogP contribution in [0.15, 0.2) is 30.3 Å². The fourth-order valence-electron chi connectivity index (χ4n) is 2.39. The predicted molar refractivity (Wildman–Crippen MR) is 96.6 cm³/mol. The molecule has 2 N–H and O–H groups in total. The molecule has 10 heteroatoms. The Morgan fingerprint density at radius 2 is 2.04 bits per heavy atom. The number of carbonyl (C=O) groups excluding carboxylic acids is 2. The number of aromatic nitrogens is 2. The molecule has 1 aromatic heterocycles. The summed E-state index contributed by atoms with van der Waals surface area (Å²) in [5.74, 6) is -1.23. The minimum Gasteiger partial charge on any atom is -0.493 e. The Balaban J connectivity index is 1.96. The molecule has 0 saturated heterocycles. The van der Waals surface area contributed by atoms with Gasteiger partial charge in [0.15, 0.2) is 11.5 Å². The molecule has 0 radical (unpaired) electrons. The molecule has 0 unspecified atom stereocenters. The molecule has 0 aliphatic rings. The van der Waals surface area contributed by atoms with Crippen molar-refractivity contribution in [2.75, 3.05) is 7.11 Å². The van der Waals surface area contributed by atoms with Crippen molar-refractivity contribution >= 4 is 17.9 Å². The van der Waals surface area contributed by atoms with E-state index in [9.17, 15) is 18.4 Å². The monoisotopic (exact) mass is 394 g/mol. The van der Waals surface area contributed by atoms with Gasteiger partial charge in [-0.05, 0) is 32.1 Å². The number of ether oxygens (including phenoxy) is 2. The third-order valence-electron chi connectivity index (χ3n) is 3.57. The number of hydrogen-bond donors (Lipinski definition) is 2. The van der Waals surface area contributed by atoms with Crippen molar-refractivity contribution in [1.82, 2.24) is 20.6 Å². The van der Waals surface area contributed by atoms with Gasteiger partial charge in [-0.3, -0.25) is 25.1 Å². The fourth-order valence-corrected chi connectivity index (χ4v) is 2.39. The second kappa shape index (κ2) is 9.49. The van der Waals surface area contributed by atoms with E-state index in [4.69, 9.17) is 4.74 Å². The number of hydrazine groups is 1. The van der Waals surface area contributed by atoms with Crippen LogP contribution >= 0.6 is 0 Å². The van der Waals surface area contributed by atoms with Gasteiger partial charge in [-0.1, -0.05) is 12.1 Å². The number of benzene rings is 1. The molecule has 8 nitrogen and oxygen atoms in total. The molecule has 0 aliphatic carbocycles. The molecular weight excluding hydrogens is 374 g/mol. The van der Waals surface area contributed by atoms with E-state index in [0.29, 0.717) is 0 Å². The maximum atomic E-state index is 12.6. The molecule has 2 amide bonds. The van der Waals surface area contributed by atoms with Crippen molar-refractivity contribution in [3.8, 4) is 11.5 Å². The first-order chi connectivity index (χ1) is 13.3. The predicted octanol–water partition coefficient (Wildman–Crippen LogP) is 1.97. The van der Waals surface area contributed by atoms with Gasteiger partial charge >= 0.3 is 6.61 Å². The maximum absolute atomic E-state index is 12.6. The van der Waals surface area contributed by atoms with Crippen LogP contribution in [0.2, 0.25) is 0 Å². The minimum absolute atomic E-state index is 0.0636. The summed E-state index contributed by atoms with van der Waals surface area (Å²) >= 11 is 0. The van der Waals surface area contributed by atoms with Crippen LogP contribution in [0.25, 0.3) is 6.08 Å². The topological polar surface area (TPSA) is 94.5 Å². The lowest BCUT2D eigenvalue weighted by atomic mass is 10.1. The van der Waals surface area contributed by atoms with Gasteiger partial charge in [0.05, 0.1) is 12.8 Å². The summed E-state index contributed by atoms with van der Waals surface area (Å²) in [6, 6.07) is 6.31. The molecule has 28 heavy (non-hydrogen) atoms. The standard InChI is InChI=1S/C18H20F2N4O4/c1-11-9-12(2)24(23-11)10-16(26)22-21-15(25)8-7-13-5-4-6-14(27-3)17(13)28-18(19)20/h4-9,18H,10H2,1-3H3,(H,21,25)(H,22,26)/b8-7+. The summed E-state index contributed by atoms with van der Waals surface area (Å²) in [5.41, 5.74) is 6.24. The molecule has 0 bridgehead atoms. The van der Waals surface area contributed by atoms with Crippen LogP contribution in [0.5, 0.6) is 11.5 Å². The van der Waals surface area contributed by atoms with E-state index in [1.807, 2.05) is 13.0 Å². The van der Waals surface area contributed by atoms with Gasteiger partial charge in [0.1, 0.15) is 6.54 Å². The number of rotatable bonds is 7. The number of alkyl halides is 2. The van der Waals surface area contributed by atoms with Crippen LogP contribution in [0, 0.1) is 13.8 Å². The number of nitrogens with one attached hydrogen (secondary N) is 2. The zero-order chi connectivity index (χ0) is 20.7. The van der Waals surface area contributed by atoms with E-state index in [-0.39, 0.29) is 23.6 Å². The highest BCUT2D eigenvalue weighted by atomic mass is 19.3. The van der Waals surface area contributed by atoms with Gasteiger partial charge in [0.25, 0.3) is 11.8 Å². The first-order valence-electron chi connectivity index (χ1n) is 8.20. The number of hydrogen-bond acceptors (Lipinski definition) is 5. The highest BCUT2D eigenvalue weighted by Crippen LogP contribution is 2.33. The highest BCUT2D eigenvalue weighted by Gasteiger charge is 2.14. The van der Waals surface area contributed by atoms with Gasteiger partial charge in [0.2, 0.25) is 0 Å². The normalized spacial score (nSPS) is 10.9. The SMILES string of the molecule is COc1cccc(/C=C/C(=O)NNC(=O)Cn2nc(C)cc2C)c1OC(F)F. The Labute approximate surface area is 160 Å². The Morgan fingerprint density at radius 3 is 2.64 bits per heavy atom. The van der Waals surface area contributed by atoms with Gasteiger partial charge in [-0.25, -0.2) is 0 Å². The lowest BCUT2D eigenvalue weighted by Gasteiger charge is -2.12. The quantitative estimate of drug-likeness (QED) is 0.553. The molecule has 2 aromatic rings. The second-order valence-corrected chi connectivity index (χ2v) is 5.71. The molecule has 2 rings (SSSR count). The molecule has 150 valence electrons. The highest BCUT2D eigenvalue weighted by molar-refractivity contribution is 5.93. The van der Waals surface area contributed by atoms with Crippen LogP contribution in [0.4, 0.5) is 8.78 Å². The molecule has 0 saturated carbocycles. The summed E-state index contributed by atoms with van der Waals surface area (Å²) in [4.78, 5) is 23.8. The zero-order valence-electron chi connectivity index (χ0n) is 15.5. The number of aryl methyl sites for hydroxylation is 2. The Kier molecular flexibility index (Phi) is 7.08. The number of halogens is 2. The first kappa shape index (κ1) is 20.9. The Morgan fingerprint density at radius 1 is 1.29 bits per heavy atom. The van der Waals surface area contributed by atoms with E-state index in [1.54, 1.807) is 13.0 Å². The second-order valence-electron chi connectivity index (χ2n) is 5.71. The summed E-state index contributed by atoms with van der Waals surface area (Å²) in [5, 5.41) is 4.15. The third-order valence-corrected chi connectivity index (χ3v) is 3.57. The van der Waals surface area contributed by atoms with Crippen molar-refractivity contribution in [3.63, 3.8) is 0 Å². The van der Waals surface area contributed by atoms with Crippen LogP contribution in [0.3, 0.4) is 0 Å². The lowest BCUT2D eigenvalue weighted by Crippen LogP contribution is -2.42. The average Bonchev–Trinajstić information content (AvgIpc) is 2.95. The summed E-state index contributed by atoms with van der Waals surface area (Å²) in [6.07, 6.45) is 2.33. The van der Waals surface area contributed by atoms with Crippen LogP contribution in [-0.2, 0) is 16.1 Å². The molecule has 1 heterocycles. The zero-order valence-corrected chi connectivity index (χ0v) is 15.5. The van der Waals surface area contributed by atoms with E-state index in [2.05, 4.69) is 20.7 Å². The van der Waals surface area contributed by atoms with Crippen molar-refractivity contribution < 1.29 is 27.8 Å². The van der Waals surface area contributed by atoms with Crippen LogP contribution < -0.4 is 20.3 Å². The molecular formula is C18H20F2N4O4. The van der Waals surface area contributed by atoms with E-state index < -0.39 is 18.4 Å². The van der Waals surface area contributed by atoms with Crippen molar-refractivity contribution in [2.24, 2.45) is 0 Å². The van der Waals surface area contributed by atoms with Crippen molar-refractivity contribution in [1.29, 1.82) is 0 Å². The molecule has 0 fully saturated rings. The van der Waals surface area contributed by atoms with E-state index in [0.717, 1.165) is 17.5 Å². The molecule has 1 aromatic carbocycles. The minimum atomic E-state index is -3.05. The van der Waals surface area contributed by atoms with Crippen molar-refractivity contribution in [2.45, 2.75) is 27.0 Å². The third kappa shape index (κ3) is 5.79. The van der Waals surface area contributed by atoms with Gasteiger partial charge in [0, 0.05) is 17.3 Å². The number of amides is 2. The summed E-state index contributed by atoms with van der Waals surface area (Å²) in [6.45, 7) is 0.498. The smallest absolute Gasteiger partial charge is 0.387 e. The van der Waals surface area contributed by atoms with Gasteiger partial charge in [-0.15, -0.1) is 0 Å². The largest absolute Gasteiger partial charge is 0.493 e. The number of carbonyl (C=O) groups is 2. The van der Waals surface area contributed by atoms with E-state index >= 15 is 0 Å². The average molecular weight is 394 g/mol. The fraction of sp³-hybridized carbons (Fsp3) is 0.278. The van der Waals surface area contributed by atoms with E-state index in [1.165, 1.54) is 30.0 Å². The summed E-state index contributed by atoms with van der Waals surface area (Å²) < 4.78 is 36.1. The molecule has 0 atom stereocenters. The summed E-state index contributed by atoms with van der Waals surface area (Å²) in [7, 11) is 1.31. The first-order valence-corrected chi connectivity index (χ1v) is 8.20. The Bertz CT molecular complexity index is 880. The van der Waals surface area contributed by atoms with Crippen molar-refractivity contribution in [3.05, 3.63) is 47.3 Å². The van der Waals surface area contributed by atoms with Crippen LogP contribution in [-0.4, -0.2) is 35.3 Å². The maximum Gasteiger partial charge on any atom is 0.387 e. The lowest BCUT2D eigenvalue weighted by molar-refractivity contribution is -0.127. The number of para-hydroxylation sites is 1. The number of nitrogens with zero attached hydrogens (tertiary/aromatic N) is 2.